The topological polar surface area (TPSA) is 159 Å². The van der Waals surface area contributed by atoms with Crippen LogP contribution in [0.25, 0.3) is 11.0 Å². The molecular weight excluding hydrogens is 440 g/mol. The summed E-state index contributed by atoms with van der Waals surface area (Å²) in [5, 5.41) is 8.98. The first-order chi connectivity index (χ1) is 16.4. The molecule has 11 nitrogen and oxygen atoms in total. The summed E-state index contributed by atoms with van der Waals surface area (Å²) >= 11 is 0. The number of methoxy groups -OCH3 is 1. The number of nitrogens with zero attached hydrogens (tertiary/aromatic N) is 4. The Morgan fingerprint density at radius 2 is 2.00 bits per heavy atom. The van der Waals surface area contributed by atoms with Crippen LogP contribution in [0.5, 0.6) is 5.75 Å². The minimum atomic E-state index is -0.468. The molecule has 3 rings (SSSR count). The Morgan fingerprint density at radius 3 is 2.71 bits per heavy atom. The fourth-order valence-electron chi connectivity index (χ4n) is 3.68. The average molecular weight is 471 g/mol. The van der Waals surface area contributed by atoms with Crippen molar-refractivity contribution in [3.63, 3.8) is 0 Å². The number of amides is 1. The van der Waals surface area contributed by atoms with Gasteiger partial charge >= 0.3 is 5.97 Å². The summed E-state index contributed by atoms with van der Waals surface area (Å²) in [7, 11) is 1.58. The van der Waals surface area contributed by atoms with Gasteiger partial charge in [-0.05, 0) is 31.0 Å². The number of nitrogen functional groups attached to an aromatic ring is 2. The molecule has 0 aliphatic rings. The standard InChI is InChI=1S/C23H30N6O5/c1-3-28(10-11-30)19(31)14-34-20(32)7-5-15-4-6-16(18(12-15)33-2)13-29-9-8-17-21(29)22(24)27-23(25)26-17/h4,6,8-9,12,30H,3,5,7,10-11,13-14H2,1-2H3,(H4,24,25,26,27). The minimum absolute atomic E-state index is 0.124. The second kappa shape index (κ2) is 11.3. The van der Waals surface area contributed by atoms with E-state index in [0.717, 1.165) is 11.1 Å². The number of hydrogen-bond donors (Lipinski definition) is 3. The molecular formula is C23H30N6O5. The number of anilines is 2. The first-order valence-corrected chi connectivity index (χ1v) is 10.9. The van der Waals surface area contributed by atoms with Crippen molar-refractivity contribution in [3.8, 4) is 5.75 Å². The number of carbonyl (C=O) groups is 2. The molecule has 0 saturated heterocycles. The van der Waals surface area contributed by atoms with Crippen molar-refractivity contribution in [3.05, 3.63) is 41.6 Å². The van der Waals surface area contributed by atoms with E-state index in [1.165, 1.54) is 4.90 Å². The van der Waals surface area contributed by atoms with Crippen molar-refractivity contribution >= 4 is 34.7 Å². The largest absolute Gasteiger partial charge is 0.496 e. The molecule has 1 amide bonds. The number of benzene rings is 1. The molecule has 0 aliphatic carbocycles. The molecule has 5 N–H and O–H groups in total. The zero-order valence-electron chi connectivity index (χ0n) is 19.4. The zero-order valence-corrected chi connectivity index (χ0v) is 19.4. The Balaban J connectivity index is 1.61. The molecule has 2 heterocycles. The normalized spacial score (nSPS) is 10.9. The number of aliphatic hydroxyl groups excluding tert-OH is 1. The minimum Gasteiger partial charge on any atom is -0.496 e. The van der Waals surface area contributed by atoms with Crippen molar-refractivity contribution < 1.29 is 24.2 Å². The molecule has 0 atom stereocenters. The van der Waals surface area contributed by atoms with Crippen LogP contribution in [0, 0.1) is 0 Å². The van der Waals surface area contributed by atoms with Gasteiger partial charge in [-0.2, -0.15) is 4.98 Å². The summed E-state index contributed by atoms with van der Waals surface area (Å²) in [6, 6.07) is 7.54. The van der Waals surface area contributed by atoms with E-state index >= 15 is 0 Å². The number of aryl methyl sites for hydroxylation is 1. The van der Waals surface area contributed by atoms with Crippen LogP contribution >= 0.6 is 0 Å². The molecule has 1 aromatic carbocycles. The van der Waals surface area contributed by atoms with Crippen molar-refractivity contribution in [2.75, 3.05) is 44.9 Å². The summed E-state index contributed by atoms with van der Waals surface area (Å²) in [5.41, 5.74) is 14.9. The SMILES string of the molecule is CCN(CCO)C(=O)COC(=O)CCc1ccc(Cn2ccc3nc(N)nc(N)c32)c(OC)c1. The number of carbonyl (C=O) groups excluding carboxylic acids is 2. The van der Waals surface area contributed by atoms with Crippen LogP contribution in [-0.4, -0.2) is 69.8 Å². The van der Waals surface area contributed by atoms with E-state index in [0.29, 0.717) is 42.1 Å². The van der Waals surface area contributed by atoms with Gasteiger partial charge in [0.1, 0.15) is 11.3 Å². The summed E-state index contributed by atoms with van der Waals surface area (Å²) in [6.07, 6.45) is 2.42. The molecule has 182 valence electrons. The third-order valence-electron chi connectivity index (χ3n) is 5.43. The van der Waals surface area contributed by atoms with Gasteiger partial charge in [0.15, 0.2) is 12.4 Å². The van der Waals surface area contributed by atoms with Crippen LogP contribution in [-0.2, 0) is 27.3 Å². The van der Waals surface area contributed by atoms with Gasteiger partial charge in [-0.15, -0.1) is 0 Å². The van der Waals surface area contributed by atoms with E-state index in [2.05, 4.69) is 9.97 Å². The highest BCUT2D eigenvalue weighted by atomic mass is 16.5. The second-order valence-electron chi connectivity index (χ2n) is 7.65. The molecule has 0 aliphatic heterocycles. The highest BCUT2D eigenvalue weighted by Crippen LogP contribution is 2.26. The Morgan fingerprint density at radius 1 is 1.21 bits per heavy atom. The number of aliphatic hydroxyl groups is 1. The first kappa shape index (κ1) is 24.8. The fourth-order valence-corrected chi connectivity index (χ4v) is 3.68. The maximum absolute atomic E-state index is 12.1. The van der Waals surface area contributed by atoms with E-state index in [9.17, 15) is 9.59 Å². The number of hydrogen-bond acceptors (Lipinski definition) is 9. The maximum Gasteiger partial charge on any atom is 0.306 e. The molecule has 0 bridgehead atoms. The second-order valence-corrected chi connectivity index (χ2v) is 7.65. The number of nitrogens with two attached hydrogens (primary N) is 2. The Hall–Kier alpha value is -3.86. The Labute approximate surface area is 197 Å². The summed E-state index contributed by atoms with van der Waals surface area (Å²) in [6.45, 7) is 2.46. The molecule has 11 heteroatoms. The number of rotatable bonds is 11. The predicted molar refractivity (Wildman–Crippen MR) is 127 cm³/mol. The smallest absolute Gasteiger partial charge is 0.306 e. The van der Waals surface area contributed by atoms with Crippen LogP contribution in [0.3, 0.4) is 0 Å². The quantitative estimate of drug-likeness (QED) is 0.347. The van der Waals surface area contributed by atoms with E-state index in [1.54, 1.807) is 14.0 Å². The third kappa shape index (κ3) is 5.93. The van der Waals surface area contributed by atoms with Gasteiger partial charge in [-0.1, -0.05) is 12.1 Å². The molecule has 0 saturated carbocycles. The van der Waals surface area contributed by atoms with E-state index < -0.39 is 5.97 Å². The number of fused-ring (bicyclic) bond motifs is 1. The Kier molecular flexibility index (Phi) is 8.25. The monoisotopic (exact) mass is 470 g/mol. The van der Waals surface area contributed by atoms with Crippen LogP contribution in [0.1, 0.15) is 24.5 Å². The summed E-state index contributed by atoms with van der Waals surface area (Å²) in [4.78, 5) is 33.8. The van der Waals surface area contributed by atoms with E-state index in [1.807, 2.05) is 35.0 Å². The summed E-state index contributed by atoms with van der Waals surface area (Å²) < 4.78 is 12.6. The molecule has 3 aromatic rings. The van der Waals surface area contributed by atoms with Gasteiger partial charge < -0.3 is 35.5 Å². The van der Waals surface area contributed by atoms with Gasteiger partial charge in [-0.25, -0.2) is 4.98 Å². The number of esters is 1. The van der Waals surface area contributed by atoms with Crippen molar-refractivity contribution in [2.24, 2.45) is 0 Å². The highest BCUT2D eigenvalue weighted by Gasteiger charge is 2.15. The third-order valence-corrected chi connectivity index (χ3v) is 5.43. The fraction of sp³-hybridized carbons (Fsp3) is 0.391. The van der Waals surface area contributed by atoms with Gasteiger partial charge in [-0.3, -0.25) is 9.59 Å². The predicted octanol–water partition coefficient (Wildman–Crippen LogP) is 0.969. The van der Waals surface area contributed by atoms with Gasteiger partial charge in [0, 0.05) is 31.3 Å². The lowest BCUT2D eigenvalue weighted by molar-refractivity contribution is -0.152. The van der Waals surface area contributed by atoms with Crippen molar-refractivity contribution in [1.82, 2.24) is 19.4 Å². The first-order valence-electron chi connectivity index (χ1n) is 10.9. The lowest BCUT2D eigenvalue weighted by atomic mass is 10.1. The van der Waals surface area contributed by atoms with Crippen molar-refractivity contribution in [2.45, 2.75) is 26.3 Å². The Bertz CT molecular complexity index is 1160. The maximum atomic E-state index is 12.1. The lowest BCUT2D eigenvalue weighted by Gasteiger charge is -2.19. The van der Waals surface area contributed by atoms with E-state index in [4.69, 9.17) is 26.0 Å². The van der Waals surface area contributed by atoms with E-state index in [-0.39, 0.29) is 38.0 Å². The van der Waals surface area contributed by atoms with Crippen LogP contribution in [0.2, 0.25) is 0 Å². The molecule has 34 heavy (non-hydrogen) atoms. The average Bonchev–Trinajstić information content (AvgIpc) is 3.22. The lowest BCUT2D eigenvalue weighted by Crippen LogP contribution is -2.36. The molecule has 0 radical (unpaired) electrons. The van der Waals surface area contributed by atoms with Gasteiger partial charge in [0.2, 0.25) is 5.95 Å². The van der Waals surface area contributed by atoms with Crippen molar-refractivity contribution in [1.29, 1.82) is 0 Å². The van der Waals surface area contributed by atoms with Crippen LogP contribution in [0.4, 0.5) is 11.8 Å². The zero-order chi connectivity index (χ0) is 24.7. The number of ether oxygens (including phenoxy) is 2. The van der Waals surface area contributed by atoms with Gasteiger partial charge in [0.25, 0.3) is 5.91 Å². The molecule has 0 unspecified atom stereocenters. The number of aromatic nitrogens is 3. The molecule has 2 aromatic heterocycles. The summed E-state index contributed by atoms with van der Waals surface area (Å²) in [5.74, 6) is 0.298. The van der Waals surface area contributed by atoms with Crippen LogP contribution in [0.15, 0.2) is 30.5 Å². The van der Waals surface area contributed by atoms with Gasteiger partial charge in [0.05, 0.1) is 25.8 Å². The molecule has 0 fully saturated rings. The highest BCUT2D eigenvalue weighted by molar-refractivity contribution is 5.86. The number of likely N-dealkylation sites (N-methyl/N-ethyl adjacent to an activating group) is 1. The van der Waals surface area contributed by atoms with Crippen LogP contribution < -0.4 is 16.2 Å². The molecule has 0 spiro atoms.